The number of isocyanates is 1. The fraction of sp³-hybridized carbons (Fsp3) is 0.481. The molecule has 2 N–H and O–H groups in total. The molecule has 0 radical (unpaired) electrons. The van der Waals surface area contributed by atoms with Gasteiger partial charge in [-0.15, -0.1) is 13.2 Å². The predicted molar refractivity (Wildman–Crippen MR) is 365 cm³/mol. The Balaban J connectivity index is 0.000000732. The van der Waals surface area contributed by atoms with Crippen LogP contribution < -0.4 is 5.32 Å². The molecule has 0 saturated heterocycles. The topological polar surface area (TPSA) is 141 Å². The summed E-state index contributed by atoms with van der Waals surface area (Å²) >= 11 is 0. The molecule has 0 saturated carbocycles. The summed E-state index contributed by atoms with van der Waals surface area (Å²) in [6.45, 7) is 40.2. The Morgan fingerprint density at radius 1 is 0.609 bits per heavy atom. The third-order valence-corrected chi connectivity index (χ3v) is 16.2. The van der Waals surface area contributed by atoms with Crippen LogP contribution in [0.4, 0.5) is 4.79 Å². The predicted octanol–water partition coefficient (Wildman–Crippen LogP) is 19.7. The van der Waals surface area contributed by atoms with Crippen LogP contribution in [0.1, 0.15) is 213 Å². The largest absolute Gasteiger partial charge is 0.465 e. The smallest absolute Gasteiger partial charge is 0.407 e. The first-order chi connectivity index (χ1) is 40.8. The number of hydrogen-bond donors (Lipinski definition) is 2. The van der Waals surface area contributed by atoms with Gasteiger partial charge in [-0.1, -0.05) is 193 Å². The van der Waals surface area contributed by atoms with Crippen LogP contribution in [0.15, 0.2) is 177 Å². The molecule has 0 spiro atoms. The lowest BCUT2D eigenvalue weighted by Gasteiger charge is -2.30. The minimum absolute atomic E-state index is 0. The summed E-state index contributed by atoms with van der Waals surface area (Å²) in [7, 11) is 0. The summed E-state index contributed by atoms with van der Waals surface area (Å²) in [5.41, 5.74) is 6.22. The lowest BCUT2D eigenvalue weighted by Crippen LogP contribution is -2.41. The first kappa shape index (κ1) is 77.9. The highest BCUT2D eigenvalue weighted by atomic mass is 16.6. The fourth-order valence-corrected chi connectivity index (χ4v) is 9.51. The van der Waals surface area contributed by atoms with E-state index >= 15 is 0 Å². The molecule has 476 valence electrons. The van der Waals surface area contributed by atoms with Crippen molar-refractivity contribution in [2.75, 3.05) is 26.4 Å². The van der Waals surface area contributed by atoms with Crippen molar-refractivity contribution in [1.82, 2.24) is 5.32 Å². The third kappa shape index (κ3) is 29.0. The fourth-order valence-electron chi connectivity index (χ4n) is 9.51. The number of aliphatic imine (C=N–C) groups is 1. The molecule has 0 bridgehead atoms. The Bertz CT molecular complexity index is 2810. The van der Waals surface area contributed by atoms with E-state index < -0.39 is 28.0 Å². The van der Waals surface area contributed by atoms with E-state index in [4.69, 9.17) is 19.3 Å². The van der Waals surface area contributed by atoms with Gasteiger partial charge in [0.1, 0.15) is 0 Å². The Morgan fingerprint density at radius 3 is 1.43 bits per heavy atom. The summed E-state index contributed by atoms with van der Waals surface area (Å²) in [6.07, 6.45) is 23.9. The number of aliphatic hydroxyl groups excluding tert-OH is 1. The van der Waals surface area contributed by atoms with Gasteiger partial charge in [0.15, 0.2) is 0 Å². The first-order valence-corrected chi connectivity index (χ1v) is 31.0. The van der Waals surface area contributed by atoms with Gasteiger partial charge in [-0.25, -0.2) is 9.59 Å². The van der Waals surface area contributed by atoms with Crippen LogP contribution >= 0.6 is 0 Å². The molecular formula is C77H110N2O8. The zero-order valence-electron chi connectivity index (χ0n) is 54.6. The van der Waals surface area contributed by atoms with Gasteiger partial charge in [0.05, 0.1) is 41.7 Å². The van der Waals surface area contributed by atoms with Gasteiger partial charge in [0.25, 0.3) is 0 Å². The van der Waals surface area contributed by atoms with Gasteiger partial charge in [-0.05, 0) is 189 Å². The molecule has 0 aliphatic rings. The molecule has 6 atom stereocenters. The maximum absolute atomic E-state index is 13.3. The van der Waals surface area contributed by atoms with Crippen molar-refractivity contribution < 1.29 is 38.5 Å². The van der Waals surface area contributed by atoms with Gasteiger partial charge in [-0.3, -0.25) is 9.59 Å². The SMILES string of the molecule is C.C=C(C)c1cccc(C(C)(C)N=C=O)c1.C=CC(C)CCC=CCC(CC(C)(CC)C(=O)OCCCO)c1ccccc1.C=CC(C)CCC=CCC(CC(C)(CC)C(=O)OCCCOC(=O)NC(C)(C)c1cccc(C(=C)C)c1)c1ccccc1. The molecule has 6 unspecified atom stereocenters. The second-order valence-corrected chi connectivity index (χ2v) is 24.5. The van der Waals surface area contributed by atoms with Crippen molar-refractivity contribution in [2.45, 2.75) is 190 Å². The molecule has 0 aliphatic carbocycles. The van der Waals surface area contributed by atoms with Crippen LogP contribution in [0.2, 0.25) is 0 Å². The summed E-state index contributed by atoms with van der Waals surface area (Å²) in [5.74, 6) is 1.15. The number of ether oxygens (including phenoxy) is 3. The van der Waals surface area contributed by atoms with Crippen LogP contribution in [0, 0.1) is 22.7 Å². The number of nitrogens with zero attached hydrogens (tertiary/aromatic N) is 1. The number of hydrogen-bond acceptors (Lipinski definition) is 9. The van der Waals surface area contributed by atoms with Crippen LogP contribution in [-0.4, -0.2) is 55.6 Å². The van der Waals surface area contributed by atoms with E-state index in [0.717, 1.165) is 84.8 Å². The first-order valence-electron chi connectivity index (χ1n) is 31.0. The normalized spacial score (nSPS) is 14.0. The quantitative estimate of drug-likeness (QED) is 0.0116. The molecule has 0 heterocycles. The Labute approximate surface area is 526 Å². The number of alkyl carbamates (subject to hydrolysis) is 1. The van der Waals surface area contributed by atoms with Crippen molar-refractivity contribution in [3.8, 4) is 0 Å². The number of esters is 2. The number of benzene rings is 4. The van der Waals surface area contributed by atoms with Crippen LogP contribution in [0.25, 0.3) is 11.1 Å². The number of rotatable bonds is 35. The summed E-state index contributed by atoms with van der Waals surface area (Å²) in [6, 6.07) is 36.7. The maximum Gasteiger partial charge on any atom is 0.407 e. The maximum atomic E-state index is 13.3. The van der Waals surface area contributed by atoms with E-state index in [1.54, 1.807) is 6.08 Å². The molecule has 87 heavy (non-hydrogen) atoms. The Morgan fingerprint density at radius 2 is 1.02 bits per heavy atom. The standard InChI is InChI=1S/C38H53NO4.C25H38O3.C13H15NO.CH4/c1-9-30(5)19-13-11-16-22-33(31-20-14-12-15-21-31)28-38(8,10-2)35(40)42-25-18-26-43-36(41)39-37(6,7)34-24-17-23-32(27-34)29(3)4;1-5-21(3)14-9-7-12-17-23(22-15-10-8-11-16-22)20-25(4,6-2)24(27)28-19-13-18-26;1-10(2)11-6-5-7-12(8-11)13(3,4)14-9-15;/h9,11-12,14-17,20-21,23-24,27,30,33H,1,3,10,13,18-19,22,25-26,28H2,2,4-8H3,(H,39,41);5,7-8,10-12,15-16,21,23,26H,1,6,9,13-14,17-20H2,2-4H3;5-8H,1H2,2-4H3;1H4. The molecule has 0 aromatic heterocycles. The molecule has 4 rings (SSSR count). The molecule has 10 nitrogen and oxygen atoms in total. The van der Waals surface area contributed by atoms with Gasteiger partial charge in [0.2, 0.25) is 6.08 Å². The number of amides is 1. The number of nitrogens with one attached hydrogen (secondary N) is 1. The van der Waals surface area contributed by atoms with Crippen LogP contribution in [-0.2, 0) is 39.7 Å². The average Bonchev–Trinajstić information content (AvgIpc) is 3.66. The second kappa shape index (κ2) is 41.1. The van der Waals surface area contributed by atoms with Crippen LogP contribution in [0.5, 0.6) is 0 Å². The van der Waals surface area contributed by atoms with E-state index in [1.165, 1.54) is 11.1 Å². The number of carbonyl (C=O) groups is 3. The van der Waals surface area contributed by atoms with Crippen molar-refractivity contribution in [1.29, 1.82) is 0 Å². The Hall–Kier alpha value is -7.13. The molecular weight excluding hydrogens is 1080 g/mol. The van der Waals surface area contributed by atoms with Gasteiger partial charge in [0, 0.05) is 19.4 Å². The minimum atomic E-state index is -0.619. The molecule has 4 aromatic rings. The molecule has 4 aromatic carbocycles. The monoisotopic (exact) mass is 1190 g/mol. The van der Waals surface area contributed by atoms with E-state index in [2.05, 4.69) is 123 Å². The molecule has 1 amide bonds. The lowest BCUT2D eigenvalue weighted by molar-refractivity contribution is -0.157. The zero-order valence-corrected chi connectivity index (χ0v) is 54.6. The second-order valence-electron chi connectivity index (χ2n) is 24.5. The van der Waals surface area contributed by atoms with Crippen molar-refractivity contribution >= 4 is 35.3 Å². The summed E-state index contributed by atoms with van der Waals surface area (Å²) in [4.78, 5) is 52.6. The highest BCUT2D eigenvalue weighted by molar-refractivity contribution is 5.77. The highest BCUT2D eigenvalue weighted by Crippen LogP contribution is 2.40. The number of aliphatic hydroxyl groups is 1. The van der Waals surface area contributed by atoms with E-state index in [0.29, 0.717) is 37.5 Å². The zero-order chi connectivity index (χ0) is 64.2. The van der Waals surface area contributed by atoms with E-state index in [-0.39, 0.29) is 57.6 Å². The highest BCUT2D eigenvalue weighted by Gasteiger charge is 2.37. The minimum Gasteiger partial charge on any atom is -0.465 e. The van der Waals surface area contributed by atoms with Crippen molar-refractivity contribution in [2.24, 2.45) is 27.7 Å². The van der Waals surface area contributed by atoms with E-state index in [9.17, 15) is 19.2 Å². The lowest BCUT2D eigenvalue weighted by atomic mass is 9.75. The average molecular weight is 1190 g/mol. The van der Waals surface area contributed by atoms with Gasteiger partial charge in [-0.2, -0.15) is 4.99 Å². The van der Waals surface area contributed by atoms with Gasteiger partial charge < -0.3 is 24.6 Å². The third-order valence-electron chi connectivity index (χ3n) is 16.2. The Kier molecular flexibility index (Phi) is 36.8. The molecule has 0 fully saturated rings. The van der Waals surface area contributed by atoms with Crippen molar-refractivity contribution in [3.63, 3.8) is 0 Å². The molecule has 10 heteroatoms. The van der Waals surface area contributed by atoms with Crippen LogP contribution in [0.3, 0.4) is 0 Å². The number of allylic oxidation sites excluding steroid dienone is 8. The van der Waals surface area contributed by atoms with Crippen molar-refractivity contribution in [3.05, 3.63) is 205 Å². The van der Waals surface area contributed by atoms with Gasteiger partial charge >= 0.3 is 18.0 Å². The van der Waals surface area contributed by atoms with E-state index in [1.807, 2.05) is 142 Å². The number of carbonyl (C=O) groups excluding carboxylic acids is 4. The molecule has 0 aliphatic heterocycles. The summed E-state index contributed by atoms with van der Waals surface area (Å²) in [5, 5.41) is 11.9. The summed E-state index contributed by atoms with van der Waals surface area (Å²) < 4.78 is 16.6.